The number of hydrogen-bond donors (Lipinski definition) is 2. The Morgan fingerprint density at radius 3 is 2.69 bits per heavy atom. The highest BCUT2D eigenvalue weighted by Gasteiger charge is 2.45. The fraction of sp³-hybridized carbons (Fsp3) is 0.476. The molecule has 5 amide bonds. The Morgan fingerprint density at radius 2 is 1.94 bits per heavy atom. The number of ether oxygens (including phenoxy) is 3. The van der Waals surface area contributed by atoms with E-state index in [-0.39, 0.29) is 62.1 Å². The molecule has 3 rings (SSSR count). The van der Waals surface area contributed by atoms with Crippen LogP contribution < -0.4 is 15.4 Å². The predicted octanol–water partition coefficient (Wildman–Crippen LogP) is -0.364. The number of amides is 5. The van der Waals surface area contributed by atoms with Crippen LogP contribution in [0.5, 0.6) is 5.75 Å². The topological polar surface area (TPSA) is 140 Å². The van der Waals surface area contributed by atoms with Crippen molar-refractivity contribution in [2.24, 2.45) is 0 Å². The van der Waals surface area contributed by atoms with E-state index in [0.717, 1.165) is 4.90 Å². The molecule has 1 aromatic rings. The molecule has 0 saturated carbocycles. The lowest BCUT2D eigenvalue weighted by atomic mass is 10.0. The Bertz CT molecular complexity index is 916. The maximum Gasteiger partial charge on any atom is 0.266 e. The number of fused-ring (bicyclic) bond motifs is 1. The second-order valence-electron chi connectivity index (χ2n) is 7.07. The van der Waals surface area contributed by atoms with Crippen molar-refractivity contribution in [2.45, 2.75) is 25.8 Å². The maximum absolute atomic E-state index is 12.9. The Hall–Kier alpha value is -3.31. The first-order valence-electron chi connectivity index (χ1n) is 10.3. The van der Waals surface area contributed by atoms with Crippen molar-refractivity contribution in [3.8, 4) is 5.75 Å². The van der Waals surface area contributed by atoms with E-state index < -0.39 is 29.7 Å². The molecule has 2 aliphatic heterocycles. The van der Waals surface area contributed by atoms with Crippen molar-refractivity contribution in [1.29, 1.82) is 0 Å². The molecule has 11 heteroatoms. The van der Waals surface area contributed by atoms with E-state index >= 15 is 0 Å². The molecule has 2 N–H and O–H groups in total. The zero-order valence-electron chi connectivity index (χ0n) is 17.7. The van der Waals surface area contributed by atoms with Crippen molar-refractivity contribution >= 4 is 29.5 Å². The molecule has 32 heavy (non-hydrogen) atoms. The maximum atomic E-state index is 12.9. The standard InChI is InChI=1S/C21H25N3O8/c1-2-30-12-17(26)22-8-9-31-10-11-32-15-5-3-4-13-18(15)21(29)24(20(13)28)14-6-7-16(25)23-19(14)27/h3-5,14H,2,6-12H2,1H3,(H,22,26)(H,23,25,27). The molecule has 2 heterocycles. The lowest BCUT2D eigenvalue weighted by Crippen LogP contribution is -2.54. The Labute approximate surface area is 184 Å². The molecule has 172 valence electrons. The zero-order valence-corrected chi connectivity index (χ0v) is 17.7. The molecular weight excluding hydrogens is 422 g/mol. The van der Waals surface area contributed by atoms with Gasteiger partial charge < -0.3 is 19.5 Å². The van der Waals surface area contributed by atoms with E-state index in [1.54, 1.807) is 19.1 Å². The summed E-state index contributed by atoms with van der Waals surface area (Å²) in [4.78, 5) is 61.5. The average Bonchev–Trinajstić information content (AvgIpc) is 3.02. The molecule has 0 spiro atoms. The number of hydrogen-bond acceptors (Lipinski definition) is 8. The van der Waals surface area contributed by atoms with E-state index in [4.69, 9.17) is 14.2 Å². The molecular formula is C21H25N3O8. The summed E-state index contributed by atoms with van der Waals surface area (Å²) in [6.45, 7) is 3.17. The largest absolute Gasteiger partial charge is 0.490 e. The van der Waals surface area contributed by atoms with Gasteiger partial charge in [-0.05, 0) is 25.5 Å². The van der Waals surface area contributed by atoms with Gasteiger partial charge in [0.15, 0.2) is 0 Å². The third-order valence-corrected chi connectivity index (χ3v) is 4.92. The number of benzene rings is 1. The number of carbonyl (C=O) groups is 5. The Balaban J connectivity index is 1.51. The highest BCUT2D eigenvalue weighted by atomic mass is 16.5. The first kappa shape index (κ1) is 23.4. The van der Waals surface area contributed by atoms with E-state index in [1.807, 2.05) is 0 Å². The van der Waals surface area contributed by atoms with Gasteiger partial charge in [0.25, 0.3) is 11.8 Å². The Morgan fingerprint density at radius 1 is 1.12 bits per heavy atom. The van der Waals surface area contributed by atoms with Crippen molar-refractivity contribution in [3.05, 3.63) is 29.3 Å². The molecule has 1 unspecified atom stereocenters. The number of imide groups is 2. The van der Waals surface area contributed by atoms with Crippen LogP contribution >= 0.6 is 0 Å². The van der Waals surface area contributed by atoms with Crippen molar-refractivity contribution < 1.29 is 38.2 Å². The second kappa shape index (κ2) is 10.8. The van der Waals surface area contributed by atoms with Gasteiger partial charge in [0.05, 0.1) is 24.3 Å². The first-order chi connectivity index (χ1) is 15.4. The number of nitrogens with one attached hydrogen (secondary N) is 2. The highest BCUT2D eigenvalue weighted by Crippen LogP contribution is 2.33. The summed E-state index contributed by atoms with van der Waals surface area (Å²) < 4.78 is 16.0. The van der Waals surface area contributed by atoms with Crippen molar-refractivity contribution in [1.82, 2.24) is 15.5 Å². The van der Waals surface area contributed by atoms with Crippen LogP contribution in [0.4, 0.5) is 0 Å². The minimum absolute atomic E-state index is 0.00131. The lowest BCUT2D eigenvalue weighted by Gasteiger charge is -2.27. The number of carbonyl (C=O) groups excluding carboxylic acids is 5. The van der Waals surface area contributed by atoms with Gasteiger partial charge >= 0.3 is 0 Å². The smallest absolute Gasteiger partial charge is 0.266 e. The van der Waals surface area contributed by atoms with Gasteiger partial charge in [-0.15, -0.1) is 0 Å². The minimum Gasteiger partial charge on any atom is -0.490 e. The summed E-state index contributed by atoms with van der Waals surface area (Å²) in [5, 5.41) is 4.80. The van der Waals surface area contributed by atoms with Gasteiger partial charge in [0, 0.05) is 19.6 Å². The van der Waals surface area contributed by atoms with Crippen LogP contribution in [-0.2, 0) is 23.9 Å². The first-order valence-corrected chi connectivity index (χ1v) is 10.3. The van der Waals surface area contributed by atoms with Gasteiger partial charge in [-0.1, -0.05) is 6.07 Å². The molecule has 1 aromatic carbocycles. The number of rotatable bonds is 11. The SMILES string of the molecule is CCOCC(=O)NCCOCCOc1cccc2c1C(=O)N(C1CCC(=O)NC1=O)C2=O. The third kappa shape index (κ3) is 5.29. The van der Waals surface area contributed by atoms with Gasteiger partial charge in [0.1, 0.15) is 25.0 Å². The lowest BCUT2D eigenvalue weighted by molar-refractivity contribution is -0.136. The van der Waals surface area contributed by atoms with Crippen molar-refractivity contribution in [3.63, 3.8) is 0 Å². The molecule has 1 saturated heterocycles. The number of nitrogens with zero attached hydrogens (tertiary/aromatic N) is 1. The quantitative estimate of drug-likeness (QED) is 0.346. The number of piperidine rings is 1. The molecule has 2 aliphatic rings. The molecule has 0 radical (unpaired) electrons. The van der Waals surface area contributed by atoms with Crippen LogP contribution in [0.1, 0.15) is 40.5 Å². The Kier molecular flexibility index (Phi) is 7.90. The molecule has 1 atom stereocenters. The van der Waals surface area contributed by atoms with E-state index in [2.05, 4.69) is 10.6 Å². The monoisotopic (exact) mass is 447 g/mol. The minimum atomic E-state index is -1.03. The van der Waals surface area contributed by atoms with E-state index in [1.165, 1.54) is 6.07 Å². The van der Waals surface area contributed by atoms with Gasteiger partial charge in [-0.2, -0.15) is 0 Å². The zero-order chi connectivity index (χ0) is 23.1. The van der Waals surface area contributed by atoms with Crippen LogP contribution in [0.25, 0.3) is 0 Å². The molecule has 0 bridgehead atoms. The van der Waals surface area contributed by atoms with Crippen LogP contribution in [0, 0.1) is 0 Å². The molecule has 11 nitrogen and oxygen atoms in total. The van der Waals surface area contributed by atoms with Crippen LogP contribution in [0.15, 0.2) is 18.2 Å². The summed E-state index contributed by atoms with van der Waals surface area (Å²) in [5.41, 5.74) is 0.237. The molecule has 0 aromatic heterocycles. The fourth-order valence-electron chi connectivity index (χ4n) is 3.43. The molecule has 1 fully saturated rings. The van der Waals surface area contributed by atoms with Crippen molar-refractivity contribution in [2.75, 3.05) is 39.6 Å². The average molecular weight is 447 g/mol. The van der Waals surface area contributed by atoms with Crippen LogP contribution in [0.2, 0.25) is 0 Å². The third-order valence-electron chi connectivity index (χ3n) is 4.92. The van der Waals surface area contributed by atoms with E-state index in [0.29, 0.717) is 13.2 Å². The van der Waals surface area contributed by atoms with Crippen LogP contribution in [0.3, 0.4) is 0 Å². The summed E-state index contributed by atoms with van der Waals surface area (Å²) in [5.74, 6) is -2.34. The molecule has 0 aliphatic carbocycles. The summed E-state index contributed by atoms with van der Waals surface area (Å²) in [6.07, 6.45) is 0.137. The highest BCUT2D eigenvalue weighted by molar-refractivity contribution is 6.24. The normalized spacial score (nSPS) is 17.9. The fourth-order valence-corrected chi connectivity index (χ4v) is 3.43. The van der Waals surface area contributed by atoms with Gasteiger partial charge in [-0.3, -0.25) is 34.2 Å². The van der Waals surface area contributed by atoms with E-state index in [9.17, 15) is 24.0 Å². The van der Waals surface area contributed by atoms with Gasteiger partial charge in [0.2, 0.25) is 17.7 Å². The summed E-state index contributed by atoms with van der Waals surface area (Å²) >= 11 is 0. The summed E-state index contributed by atoms with van der Waals surface area (Å²) in [7, 11) is 0. The van der Waals surface area contributed by atoms with Crippen LogP contribution in [-0.4, -0.2) is 80.1 Å². The van der Waals surface area contributed by atoms with Gasteiger partial charge in [-0.25, -0.2) is 0 Å². The predicted molar refractivity (Wildman–Crippen MR) is 109 cm³/mol. The second-order valence-corrected chi connectivity index (χ2v) is 7.07. The summed E-state index contributed by atoms with van der Waals surface area (Å²) in [6, 6.07) is 3.61.